The molecule has 0 unspecified atom stereocenters. The average Bonchev–Trinajstić information content (AvgIpc) is 2.51. The minimum absolute atomic E-state index is 0.224. The highest BCUT2D eigenvalue weighted by atomic mass is 16.6. The SMILES string of the molecule is CCCNC(=O)[C@H](C)NC(=O)c1ccc(NC(=O)OC(C)(C)C)cc1. The van der Waals surface area contributed by atoms with Crippen molar-refractivity contribution in [1.82, 2.24) is 10.6 Å². The predicted molar refractivity (Wildman–Crippen MR) is 96.5 cm³/mol. The Morgan fingerprint density at radius 3 is 2.24 bits per heavy atom. The van der Waals surface area contributed by atoms with Crippen LogP contribution in [0.2, 0.25) is 0 Å². The van der Waals surface area contributed by atoms with E-state index in [1.165, 1.54) is 0 Å². The van der Waals surface area contributed by atoms with Crippen molar-refractivity contribution in [1.29, 1.82) is 0 Å². The summed E-state index contributed by atoms with van der Waals surface area (Å²) in [5.41, 5.74) is 0.322. The van der Waals surface area contributed by atoms with Crippen molar-refractivity contribution in [3.05, 3.63) is 29.8 Å². The van der Waals surface area contributed by atoms with Crippen LogP contribution < -0.4 is 16.0 Å². The number of nitrogens with one attached hydrogen (secondary N) is 3. The Balaban J connectivity index is 2.59. The third-order valence-electron chi connectivity index (χ3n) is 3.08. The number of carbonyl (C=O) groups is 3. The molecule has 7 heteroatoms. The van der Waals surface area contributed by atoms with Crippen LogP contribution in [-0.4, -0.2) is 36.1 Å². The molecule has 0 fully saturated rings. The van der Waals surface area contributed by atoms with Crippen LogP contribution >= 0.6 is 0 Å². The van der Waals surface area contributed by atoms with Gasteiger partial charge in [-0.3, -0.25) is 14.9 Å². The number of benzene rings is 1. The first-order valence-electron chi connectivity index (χ1n) is 8.31. The minimum atomic E-state index is -0.626. The molecule has 0 heterocycles. The van der Waals surface area contributed by atoms with Crippen LogP contribution in [0.5, 0.6) is 0 Å². The Morgan fingerprint density at radius 2 is 1.72 bits per heavy atom. The molecule has 7 nitrogen and oxygen atoms in total. The molecule has 25 heavy (non-hydrogen) atoms. The van der Waals surface area contributed by atoms with Crippen LogP contribution in [0.4, 0.5) is 10.5 Å². The van der Waals surface area contributed by atoms with Crippen LogP contribution in [-0.2, 0) is 9.53 Å². The summed E-state index contributed by atoms with van der Waals surface area (Å²) < 4.78 is 5.16. The van der Waals surface area contributed by atoms with Crippen molar-refractivity contribution in [3.8, 4) is 0 Å². The standard InChI is InChI=1S/C18H27N3O4/c1-6-11-19-15(22)12(2)20-16(23)13-7-9-14(10-8-13)21-17(24)25-18(3,4)5/h7-10,12H,6,11H2,1-5H3,(H,19,22)(H,20,23)(H,21,24)/t12-/m0/s1. The molecule has 0 aliphatic rings. The van der Waals surface area contributed by atoms with E-state index in [1.54, 1.807) is 52.0 Å². The molecular weight excluding hydrogens is 322 g/mol. The largest absolute Gasteiger partial charge is 0.444 e. The maximum absolute atomic E-state index is 12.2. The maximum Gasteiger partial charge on any atom is 0.412 e. The lowest BCUT2D eigenvalue weighted by Gasteiger charge is -2.19. The zero-order chi connectivity index (χ0) is 19.0. The van der Waals surface area contributed by atoms with Crippen LogP contribution in [0.25, 0.3) is 0 Å². The molecule has 1 atom stereocenters. The highest BCUT2D eigenvalue weighted by Gasteiger charge is 2.17. The van der Waals surface area contributed by atoms with Crippen molar-refractivity contribution in [2.75, 3.05) is 11.9 Å². The number of amides is 3. The van der Waals surface area contributed by atoms with Gasteiger partial charge in [-0.15, -0.1) is 0 Å². The van der Waals surface area contributed by atoms with Crippen molar-refractivity contribution in [2.24, 2.45) is 0 Å². The van der Waals surface area contributed by atoms with E-state index in [4.69, 9.17) is 4.74 Å². The van der Waals surface area contributed by atoms with Gasteiger partial charge in [-0.2, -0.15) is 0 Å². The number of anilines is 1. The number of hydrogen-bond donors (Lipinski definition) is 3. The average molecular weight is 349 g/mol. The Morgan fingerprint density at radius 1 is 1.12 bits per heavy atom. The zero-order valence-corrected chi connectivity index (χ0v) is 15.4. The molecule has 3 N–H and O–H groups in total. The van der Waals surface area contributed by atoms with Crippen LogP contribution in [0, 0.1) is 0 Å². The Bertz CT molecular complexity index is 606. The van der Waals surface area contributed by atoms with Crippen molar-refractivity contribution >= 4 is 23.6 Å². The Kier molecular flexibility index (Phi) is 7.42. The predicted octanol–water partition coefficient (Wildman–Crippen LogP) is 2.68. The smallest absolute Gasteiger partial charge is 0.412 e. The molecule has 0 spiro atoms. The number of carbonyl (C=O) groups excluding carboxylic acids is 3. The number of hydrogen-bond acceptors (Lipinski definition) is 4. The number of ether oxygens (including phenoxy) is 1. The summed E-state index contributed by atoms with van der Waals surface area (Å²) in [4.78, 5) is 35.6. The molecule has 1 rings (SSSR count). The van der Waals surface area contributed by atoms with Gasteiger partial charge in [0.25, 0.3) is 5.91 Å². The first kappa shape index (κ1) is 20.5. The van der Waals surface area contributed by atoms with Gasteiger partial charge in [-0.1, -0.05) is 6.92 Å². The maximum atomic E-state index is 12.2. The monoisotopic (exact) mass is 349 g/mol. The summed E-state index contributed by atoms with van der Waals surface area (Å²) in [6.45, 7) is 9.48. The molecule has 1 aromatic carbocycles. The molecule has 138 valence electrons. The molecule has 0 aromatic heterocycles. The minimum Gasteiger partial charge on any atom is -0.444 e. The van der Waals surface area contributed by atoms with Gasteiger partial charge in [0, 0.05) is 17.8 Å². The fraction of sp³-hybridized carbons (Fsp3) is 0.500. The quantitative estimate of drug-likeness (QED) is 0.735. The Hall–Kier alpha value is -2.57. The van der Waals surface area contributed by atoms with E-state index < -0.39 is 17.7 Å². The van der Waals surface area contributed by atoms with Crippen LogP contribution in [0.3, 0.4) is 0 Å². The first-order chi connectivity index (χ1) is 11.6. The zero-order valence-electron chi connectivity index (χ0n) is 15.4. The van der Waals surface area contributed by atoms with E-state index in [2.05, 4.69) is 16.0 Å². The summed E-state index contributed by atoms with van der Waals surface area (Å²) >= 11 is 0. The normalized spacial score (nSPS) is 12.0. The van der Waals surface area contributed by atoms with Gasteiger partial charge >= 0.3 is 6.09 Å². The van der Waals surface area contributed by atoms with Crippen molar-refractivity contribution < 1.29 is 19.1 Å². The van der Waals surface area contributed by atoms with Crippen LogP contribution in [0.1, 0.15) is 51.4 Å². The first-order valence-corrected chi connectivity index (χ1v) is 8.31. The highest BCUT2D eigenvalue weighted by molar-refractivity contribution is 5.98. The second-order valence-electron chi connectivity index (χ2n) is 6.69. The highest BCUT2D eigenvalue weighted by Crippen LogP contribution is 2.13. The molecule has 0 aliphatic heterocycles. The fourth-order valence-corrected chi connectivity index (χ4v) is 1.87. The van der Waals surface area contributed by atoms with Crippen molar-refractivity contribution in [3.63, 3.8) is 0 Å². The van der Waals surface area contributed by atoms with E-state index in [-0.39, 0.29) is 11.8 Å². The lowest BCUT2D eigenvalue weighted by atomic mass is 10.1. The van der Waals surface area contributed by atoms with Crippen molar-refractivity contribution in [2.45, 2.75) is 52.7 Å². The van der Waals surface area contributed by atoms with Gasteiger partial charge < -0.3 is 15.4 Å². The lowest BCUT2D eigenvalue weighted by Crippen LogP contribution is -2.45. The van der Waals surface area contributed by atoms with Gasteiger partial charge in [-0.25, -0.2) is 4.79 Å². The molecule has 0 radical (unpaired) electrons. The van der Waals surface area contributed by atoms with Gasteiger partial charge in [0.2, 0.25) is 5.91 Å². The molecule has 0 bridgehead atoms. The summed E-state index contributed by atoms with van der Waals surface area (Å²) in [7, 11) is 0. The van der Waals surface area contributed by atoms with Gasteiger partial charge in [-0.05, 0) is 58.4 Å². The summed E-state index contributed by atoms with van der Waals surface area (Å²) in [5.74, 6) is -0.582. The van der Waals surface area contributed by atoms with E-state index in [9.17, 15) is 14.4 Å². The molecule has 1 aromatic rings. The van der Waals surface area contributed by atoms with E-state index in [1.807, 2.05) is 6.92 Å². The van der Waals surface area contributed by atoms with E-state index in [0.29, 0.717) is 17.8 Å². The van der Waals surface area contributed by atoms with Gasteiger partial charge in [0.1, 0.15) is 11.6 Å². The number of rotatable bonds is 6. The topological polar surface area (TPSA) is 96.5 Å². The Labute approximate surface area is 148 Å². The van der Waals surface area contributed by atoms with E-state index >= 15 is 0 Å². The third kappa shape index (κ3) is 7.69. The fourth-order valence-electron chi connectivity index (χ4n) is 1.87. The molecule has 3 amide bonds. The molecule has 0 saturated carbocycles. The van der Waals surface area contributed by atoms with Gasteiger partial charge in [0.05, 0.1) is 0 Å². The molecular formula is C18H27N3O4. The summed E-state index contributed by atoms with van der Waals surface area (Å²) in [5, 5.41) is 7.95. The van der Waals surface area contributed by atoms with Crippen LogP contribution in [0.15, 0.2) is 24.3 Å². The van der Waals surface area contributed by atoms with E-state index in [0.717, 1.165) is 6.42 Å². The summed E-state index contributed by atoms with van der Waals surface area (Å²) in [6, 6.07) is 5.71. The summed E-state index contributed by atoms with van der Waals surface area (Å²) in [6.07, 6.45) is 0.268. The van der Waals surface area contributed by atoms with Gasteiger partial charge in [0.15, 0.2) is 0 Å². The molecule has 0 aliphatic carbocycles. The second-order valence-corrected chi connectivity index (χ2v) is 6.69. The molecule has 0 saturated heterocycles. The third-order valence-corrected chi connectivity index (χ3v) is 3.08. The second kappa shape index (κ2) is 9.05. The lowest BCUT2D eigenvalue weighted by molar-refractivity contribution is -0.122.